The van der Waals surface area contributed by atoms with Crippen molar-refractivity contribution in [2.24, 2.45) is 5.92 Å². The molecule has 2 aromatic heterocycles. The molecule has 0 unspecified atom stereocenters. The summed E-state index contributed by atoms with van der Waals surface area (Å²) in [4.78, 5) is 6.44. The van der Waals surface area contributed by atoms with Gasteiger partial charge in [-0.2, -0.15) is 0 Å². The smallest absolute Gasteiger partial charge is 0.250 e. The van der Waals surface area contributed by atoms with Gasteiger partial charge in [-0.15, -0.1) is 11.3 Å². The Morgan fingerprint density at radius 2 is 2.25 bits per heavy atom. The second kappa shape index (κ2) is 7.60. The van der Waals surface area contributed by atoms with Crippen molar-refractivity contribution in [2.45, 2.75) is 23.6 Å². The molecule has 24 heavy (non-hydrogen) atoms. The number of pyridine rings is 1. The molecule has 6 nitrogen and oxygen atoms in total. The summed E-state index contributed by atoms with van der Waals surface area (Å²) in [5.74, 6) is 0.879. The highest BCUT2D eigenvalue weighted by Gasteiger charge is 2.23. The van der Waals surface area contributed by atoms with Crippen LogP contribution in [-0.4, -0.2) is 37.9 Å². The summed E-state index contributed by atoms with van der Waals surface area (Å²) >= 11 is 1.24. The molecule has 0 aliphatic carbocycles. The third kappa shape index (κ3) is 4.32. The summed E-state index contributed by atoms with van der Waals surface area (Å²) in [5, 5.41) is 1.77. The van der Waals surface area contributed by atoms with Gasteiger partial charge >= 0.3 is 0 Å². The quantitative estimate of drug-likeness (QED) is 0.815. The van der Waals surface area contributed by atoms with Crippen molar-refractivity contribution in [1.29, 1.82) is 0 Å². The highest BCUT2D eigenvalue weighted by Crippen LogP contribution is 2.21. The molecule has 3 rings (SSSR count). The van der Waals surface area contributed by atoms with Gasteiger partial charge in [0.1, 0.15) is 10.0 Å². The first-order chi connectivity index (χ1) is 11.5. The number of rotatable bonds is 6. The molecule has 1 aliphatic heterocycles. The molecule has 1 saturated heterocycles. The maximum Gasteiger partial charge on any atom is 0.250 e. The summed E-state index contributed by atoms with van der Waals surface area (Å²) in [6.07, 6.45) is 3.79. The van der Waals surface area contributed by atoms with Gasteiger partial charge in [0, 0.05) is 31.4 Å². The number of aromatic nitrogens is 1. The van der Waals surface area contributed by atoms with Crippen LogP contribution in [0.5, 0.6) is 0 Å². The van der Waals surface area contributed by atoms with Crippen LogP contribution in [0.2, 0.25) is 0 Å². The number of nitrogens with two attached hydrogens (primary N) is 1. The highest BCUT2D eigenvalue weighted by molar-refractivity contribution is 7.91. The number of hydrogen-bond acceptors (Lipinski definition) is 6. The van der Waals surface area contributed by atoms with Crippen LogP contribution in [0.3, 0.4) is 0 Å². The fourth-order valence-electron chi connectivity index (χ4n) is 3.00. The maximum absolute atomic E-state index is 12.2. The van der Waals surface area contributed by atoms with E-state index in [0.717, 1.165) is 38.0 Å². The molecule has 0 aromatic carbocycles. The van der Waals surface area contributed by atoms with Crippen molar-refractivity contribution in [2.75, 3.05) is 25.4 Å². The Hall–Kier alpha value is -1.48. The number of thiophene rings is 1. The van der Waals surface area contributed by atoms with Crippen molar-refractivity contribution in [3.63, 3.8) is 0 Å². The van der Waals surface area contributed by atoms with E-state index in [-0.39, 0.29) is 0 Å². The van der Waals surface area contributed by atoms with Gasteiger partial charge in [-0.3, -0.25) is 4.90 Å². The number of sulfonamides is 1. The molecule has 0 saturated carbocycles. The van der Waals surface area contributed by atoms with Gasteiger partial charge in [0.2, 0.25) is 10.0 Å². The molecular weight excluding hydrogens is 344 g/mol. The van der Waals surface area contributed by atoms with Gasteiger partial charge in [0.25, 0.3) is 0 Å². The number of hydrogen-bond donors (Lipinski definition) is 2. The fourth-order valence-corrected chi connectivity index (χ4v) is 5.16. The van der Waals surface area contributed by atoms with Crippen molar-refractivity contribution in [1.82, 2.24) is 14.6 Å². The standard InChI is InChI=1S/C16H22N4O2S2/c17-16-14(5-1-7-18-16)12-20-8-2-4-13(11-20)10-19-24(21,22)15-6-3-9-23-15/h1,3,5-7,9,13,19H,2,4,8,10-12H2,(H2,17,18)/t13-/m0/s1. The largest absolute Gasteiger partial charge is 0.383 e. The van der Waals surface area contributed by atoms with E-state index in [2.05, 4.69) is 14.6 Å². The van der Waals surface area contributed by atoms with Crippen molar-refractivity contribution in [3.8, 4) is 0 Å². The van der Waals surface area contributed by atoms with Gasteiger partial charge in [0.15, 0.2) is 0 Å². The molecule has 1 atom stereocenters. The Labute approximate surface area is 146 Å². The van der Waals surface area contributed by atoms with Gasteiger partial charge in [-0.1, -0.05) is 12.1 Å². The van der Waals surface area contributed by atoms with E-state index in [1.54, 1.807) is 23.7 Å². The van der Waals surface area contributed by atoms with Gasteiger partial charge < -0.3 is 5.73 Å². The average molecular weight is 367 g/mol. The third-order valence-electron chi connectivity index (χ3n) is 4.25. The van der Waals surface area contributed by atoms with Crippen LogP contribution in [0, 0.1) is 5.92 Å². The van der Waals surface area contributed by atoms with E-state index >= 15 is 0 Å². The summed E-state index contributed by atoms with van der Waals surface area (Å²) in [6, 6.07) is 7.26. The van der Waals surface area contributed by atoms with E-state index in [1.807, 2.05) is 12.1 Å². The molecule has 0 radical (unpaired) electrons. The number of likely N-dealkylation sites (tertiary alicyclic amines) is 1. The lowest BCUT2D eigenvalue weighted by atomic mass is 9.98. The molecule has 0 spiro atoms. The second-order valence-corrected chi connectivity index (χ2v) is 9.02. The minimum Gasteiger partial charge on any atom is -0.383 e. The Morgan fingerprint density at radius 3 is 3.00 bits per heavy atom. The van der Waals surface area contributed by atoms with Crippen LogP contribution in [-0.2, 0) is 16.6 Å². The molecule has 8 heteroatoms. The lowest BCUT2D eigenvalue weighted by molar-refractivity contribution is 0.169. The van der Waals surface area contributed by atoms with E-state index in [0.29, 0.717) is 22.5 Å². The third-order valence-corrected chi connectivity index (χ3v) is 7.07. The highest BCUT2D eigenvalue weighted by atomic mass is 32.2. The van der Waals surface area contributed by atoms with Gasteiger partial charge in [-0.25, -0.2) is 18.1 Å². The molecule has 0 amide bonds. The van der Waals surface area contributed by atoms with E-state index in [1.165, 1.54) is 11.3 Å². The van der Waals surface area contributed by atoms with Gasteiger partial charge in [-0.05, 0) is 42.8 Å². The SMILES string of the molecule is Nc1ncccc1CN1CCC[C@@H](CNS(=O)(=O)c2cccs2)C1. The molecule has 1 aliphatic rings. The number of nitrogens with zero attached hydrogens (tertiary/aromatic N) is 2. The van der Waals surface area contributed by atoms with E-state index in [4.69, 9.17) is 5.73 Å². The Kier molecular flexibility index (Phi) is 5.50. The van der Waals surface area contributed by atoms with Crippen LogP contribution in [0.1, 0.15) is 18.4 Å². The number of nitrogen functional groups attached to an aromatic ring is 1. The predicted molar refractivity (Wildman–Crippen MR) is 96.2 cm³/mol. The van der Waals surface area contributed by atoms with Crippen LogP contribution < -0.4 is 10.5 Å². The zero-order valence-corrected chi connectivity index (χ0v) is 15.0. The van der Waals surface area contributed by atoms with E-state index < -0.39 is 10.0 Å². The number of anilines is 1. The molecular formula is C16H22N4O2S2. The Morgan fingerprint density at radius 1 is 1.38 bits per heavy atom. The molecule has 0 bridgehead atoms. The first kappa shape index (κ1) is 17.3. The fraction of sp³-hybridized carbons (Fsp3) is 0.438. The average Bonchev–Trinajstić information content (AvgIpc) is 3.11. The van der Waals surface area contributed by atoms with Crippen LogP contribution in [0.25, 0.3) is 0 Å². The molecule has 3 N–H and O–H groups in total. The van der Waals surface area contributed by atoms with E-state index in [9.17, 15) is 8.42 Å². The Balaban J connectivity index is 1.55. The number of nitrogens with one attached hydrogen (secondary N) is 1. The number of piperidine rings is 1. The zero-order chi connectivity index (χ0) is 17.0. The first-order valence-electron chi connectivity index (χ1n) is 7.99. The first-order valence-corrected chi connectivity index (χ1v) is 10.4. The second-order valence-electron chi connectivity index (χ2n) is 6.08. The van der Waals surface area contributed by atoms with Crippen LogP contribution >= 0.6 is 11.3 Å². The molecule has 2 aromatic rings. The van der Waals surface area contributed by atoms with Gasteiger partial charge in [0.05, 0.1) is 0 Å². The molecule has 3 heterocycles. The normalized spacial score (nSPS) is 19.4. The lowest BCUT2D eigenvalue weighted by Gasteiger charge is -2.32. The zero-order valence-electron chi connectivity index (χ0n) is 13.4. The monoisotopic (exact) mass is 366 g/mol. The Bertz CT molecular complexity index is 762. The lowest BCUT2D eigenvalue weighted by Crippen LogP contribution is -2.40. The summed E-state index contributed by atoms with van der Waals surface area (Å²) in [5.41, 5.74) is 6.94. The van der Waals surface area contributed by atoms with Crippen molar-refractivity contribution in [3.05, 3.63) is 41.4 Å². The minimum absolute atomic E-state index is 0.311. The molecule has 1 fully saturated rings. The van der Waals surface area contributed by atoms with Crippen LogP contribution in [0.15, 0.2) is 40.1 Å². The summed E-state index contributed by atoms with van der Waals surface area (Å²) in [6.45, 7) is 3.09. The van der Waals surface area contributed by atoms with Crippen molar-refractivity contribution >= 4 is 27.2 Å². The maximum atomic E-state index is 12.2. The summed E-state index contributed by atoms with van der Waals surface area (Å²) in [7, 11) is -3.38. The topological polar surface area (TPSA) is 88.3 Å². The minimum atomic E-state index is -3.38. The summed E-state index contributed by atoms with van der Waals surface area (Å²) < 4.78 is 27.5. The van der Waals surface area contributed by atoms with Crippen LogP contribution in [0.4, 0.5) is 5.82 Å². The predicted octanol–water partition coefficient (Wildman–Crippen LogP) is 1.92. The van der Waals surface area contributed by atoms with Crippen molar-refractivity contribution < 1.29 is 8.42 Å². The molecule has 130 valence electrons.